The maximum atomic E-state index is 12.1. The van der Waals surface area contributed by atoms with Crippen LogP contribution in [-0.2, 0) is 5.41 Å². The lowest BCUT2D eigenvalue weighted by molar-refractivity contribution is 0.0650. The smallest absolute Gasteiger partial charge is 0.337 e. The van der Waals surface area contributed by atoms with Crippen LogP contribution in [-0.4, -0.2) is 22.2 Å². The van der Waals surface area contributed by atoms with E-state index in [1.54, 1.807) is 12.1 Å². The number of carboxylic acid groups (broad SMARTS) is 2. The molecule has 0 aliphatic rings. The third-order valence-electron chi connectivity index (χ3n) is 5.66. The Kier molecular flexibility index (Phi) is 6.41. The van der Waals surface area contributed by atoms with Crippen LogP contribution < -0.4 is 0 Å². The summed E-state index contributed by atoms with van der Waals surface area (Å²) in [6.07, 6.45) is 5.62. The fraction of sp³-hybridized carbons (Fsp3) is 0.455. The number of hydrogen-bond donors (Lipinski definition) is 2. The predicted octanol–water partition coefficient (Wildman–Crippen LogP) is 5.87. The van der Waals surface area contributed by atoms with Crippen LogP contribution in [0.3, 0.4) is 0 Å². The second-order valence-electron chi connectivity index (χ2n) is 6.95. The van der Waals surface area contributed by atoms with Crippen LogP contribution in [0.25, 0.3) is 10.8 Å². The lowest BCUT2D eigenvalue weighted by Gasteiger charge is -2.34. The van der Waals surface area contributed by atoms with Crippen LogP contribution in [0.4, 0.5) is 0 Å². The van der Waals surface area contributed by atoms with Gasteiger partial charge in [0.2, 0.25) is 0 Å². The van der Waals surface area contributed by atoms with Crippen molar-refractivity contribution in [3.05, 3.63) is 47.0 Å². The van der Waals surface area contributed by atoms with Crippen LogP contribution >= 0.6 is 0 Å². The molecule has 4 heteroatoms. The minimum atomic E-state index is -1.19. The van der Waals surface area contributed by atoms with E-state index in [0.29, 0.717) is 10.9 Å². The van der Waals surface area contributed by atoms with Gasteiger partial charge in [-0.1, -0.05) is 64.3 Å². The van der Waals surface area contributed by atoms with E-state index in [-0.39, 0.29) is 16.5 Å². The van der Waals surface area contributed by atoms with Gasteiger partial charge in [-0.3, -0.25) is 0 Å². The lowest BCUT2D eigenvalue weighted by atomic mass is 9.69. The van der Waals surface area contributed by atoms with Crippen LogP contribution in [0, 0.1) is 0 Å². The van der Waals surface area contributed by atoms with Crippen molar-refractivity contribution in [1.82, 2.24) is 0 Å². The molecule has 2 aromatic rings. The number of benzene rings is 2. The molecular weight excluding hydrogens is 328 g/mol. The topological polar surface area (TPSA) is 74.6 Å². The maximum absolute atomic E-state index is 12.1. The molecule has 2 N–H and O–H groups in total. The monoisotopic (exact) mass is 356 g/mol. The molecule has 0 saturated carbocycles. The first-order valence-electron chi connectivity index (χ1n) is 9.44. The number of aromatic carboxylic acids is 2. The molecule has 0 unspecified atom stereocenters. The van der Waals surface area contributed by atoms with Gasteiger partial charge in [0.25, 0.3) is 0 Å². The zero-order chi connectivity index (χ0) is 19.3. The van der Waals surface area contributed by atoms with Crippen molar-refractivity contribution in [1.29, 1.82) is 0 Å². The molecule has 0 amide bonds. The molecule has 0 bridgehead atoms. The van der Waals surface area contributed by atoms with Crippen molar-refractivity contribution in [2.45, 2.75) is 64.7 Å². The highest BCUT2D eigenvalue weighted by Crippen LogP contribution is 2.42. The zero-order valence-electron chi connectivity index (χ0n) is 15.8. The highest BCUT2D eigenvalue weighted by molar-refractivity contribution is 6.13. The average molecular weight is 356 g/mol. The van der Waals surface area contributed by atoms with Crippen molar-refractivity contribution in [3.8, 4) is 0 Å². The molecule has 0 aliphatic heterocycles. The molecule has 0 radical (unpaired) electrons. The maximum Gasteiger partial charge on any atom is 0.337 e. The molecule has 0 spiro atoms. The first-order valence-corrected chi connectivity index (χ1v) is 9.44. The Hall–Kier alpha value is -2.36. The Labute approximate surface area is 154 Å². The van der Waals surface area contributed by atoms with Crippen molar-refractivity contribution in [2.24, 2.45) is 0 Å². The van der Waals surface area contributed by atoms with Crippen molar-refractivity contribution < 1.29 is 19.8 Å². The molecule has 0 saturated heterocycles. The molecule has 0 atom stereocenters. The summed E-state index contributed by atoms with van der Waals surface area (Å²) < 4.78 is 0. The highest BCUT2D eigenvalue weighted by atomic mass is 16.4. The van der Waals surface area contributed by atoms with Gasteiger partial charge in [0.05, 0.1) is 11.1 Å². The second-order valence-corrected chi connectivity index (χ2v) is 6.95. The van der Waals surface area contributed by atoms with E-state index >= 15 is 0 Å². The third-order valence-corrected chi connectivity index (χ3v) is 5.66. The normalized spacial score (nSPS) is 11.7. The summed E-state index contributed by atoms with van der Waals surface area (Å²) in [6.45, 7) is 6.27. The fourth-order valence-electron chi connectivity index (χ4n) is 4.04. The molecule has 140 valence electrons. The Morgan fingerprint density at radius 2 is 1.54 bits per heavy atom. The molecule has 0 aliphatic carbocycles. The quantitative estimate of drug-likeness (QED) is 0.551. The van der Waals surface area contributed by atoms with Gasteiger partial charge in [-0.05, 0) is 47.1 Å². The minimum absolute atomic E-state index is 0.0450. The molecular formula is C22H28O4. The molecule has 0 fully saturated rings. The van der Waals surface area contributed by atoms with Gasteiger partial charge >= 0.3 is 11.9 Å². The van der Waals surface area contributed by atoms with Crippen LogP contribution in [0.2, 0.25) is 0 Å². The van der Waals surface area contributed by atoms with Gasteiger partial charge in [0, 0.05) is 0 Å². The largest absolute Gasteiger partial charge is 0.478 e. The van der Waals surface area contributed by atoms with E-state index in [1.807, 2.05) is 18.2 Å². The summed E-state index contributed by atoms with van der Waals surface area (Å²) >= 11 is 0. The highest BCUT2D eigenvalue weighted by Gasteiger charge is 2.35. The Bertz CT molecular complexity index is 803. The van der Waals surface area contributed by atoms with Gasteiger partial charge in [-0.2, -0.15) is 0 Å². The molecule has 4 nitrogen and oxygen atoms in total. The van der Waals surface area contributed by atoms with Gasteiger partial charge in [-0.15, -0.1) is 0 Å². The summed E-state index contributed by atoms with van der Waals surface area (Å²) in [4.78, 5) is 24.1. The van der Waals surface area contributed by atoms with Crippen molar-refractivity contribution in [2.75, 3.05) is 0 Å². The Morgan fingerprint density at radius 3 is 2.08 bits per heavy atom. The fourth-order valence-corrected chi connectivity index (χ4v) is 4.04. The van der Waals surface area contributed by atoms with Crippen LogP contribution in [0.1, 0.15) is 85.6 Å². The molecule has 0 aromatic heterocycles. The zero-order valence-corrected chi connectivity index (χ0v) is 15.8. The van der Waals surface area contributed by atoms with Gasteiger partial charge in [0.15, 0.2) is 0 Å². The molecule has 0 heterocycles. The number of carbonyl (C=O) groups is 2. The number of rotatable bonds is 9. The summed E-state index contributed by atoms with van der Waals surface area (Å²) in [7, 11) is 0. The first-order chi connectivity index (χ1) is 12.4. The number of carboxylic acids is 2. The summed E-state index contributed by atoms with van der Waals surface area (Å²) in [5, 5.41) is 21.0. The summed E-state index contributed by atoms with van der Waals surface area (Å²) in [5.74, 6) is -2.35. The van der Waals surface area contributed by atoms with Crippen LogP contribution in [0.5, 0.6) is 0 Å². The predicted molar refractivity (Wildman–Crippen MR) is 104 cm³/mol. The Morgan fingerprint density at radius 1 is 0.923 bits per heavy atom. The standard InChI is InChI=1S/C22H28O4/c1-4-7-10-13-22(5-2,6-3)17-14-15-11-8-9-12-16(15)18(20(23)24)19(17)21(25)26/h8-9,11-12,14H,4-7,10,13H2,1-3H3,(H,23,24)(H,25,26). The average Bonchev–Trinajstić information content (AvgIpc) is 2.63. The van der Waals surface area contributed by atoms with E-state index in [4.69, 9.17) is 0 Å². The Balaban J connectivity index is 2.84. The number of unbranched alkanes of at least 4 members (excludes halogenated alkanes) is 2. The number of fused-ring (bicyclic) bond motifs is 1. The lowest BCUT2D eigenvalue weighted by Crippen LogP contribution is -2.29. The summed E-state index contributed by atoms with van der Waals surface area (Å²) in [5.41, 5.74) is 0.211. The van der Waals surface area contributed by atoms with E-state index in [1.165, 1.54) is 0 Å². The van der Waals surface area contributed by atoms with E-state index < -0.39 is 11.9 Å². The third kappa shape index (κ3) is 3.59. The van der Waals surface area contributed by atoms with Gasteiger partial charge in [-0.25, -0.2) is 9.59 Å². The molecule has 2 aromatic carbocycles. The van der Waals surface area contributed by atoms with Crippen molar-refractivity contribution >= 4 is 22.7 Å². The first kappa shape index (κ1) is 20.0. The van der Waals surface area contributed by atoms with E-state index in [2.05, 4.69) is 20.8 Å². The molecule has 26 heavy (non-hydrogen) atoms. The van der Waals surface area contributed by atoms with Gasteiger partial charge < -0.3 is 10.2 Å². The van der Waals surface area contributed by atoms with E-state index in [9.17, 15) is 19.8 Å². The van der Waals surface area contributed by atoms with Gasteiger partial charge in [0.1, 0.15) is 0 Å². The minimum Gasteiger partial charge on any atom is -0.478 e. The molecule has 2 rings (SSSR count). The van der Waals surface area contributed by atoms with Crippen LogP contribution in [0.15, 0.2) is 30.3 Å². The SMILES string of the molecule is CCCCCC(CC)(CC)c1cc2ccccc2c(C(=O)O)c1C(=O)O. The summed E-state index contributed by atoms with van der Waals surface area (Å²) in [6, 6.07) is 9.05. The number of hydrogen-bond acceptors (Lipinski definition) is 2. The second kappa shape index (κ2) is 8.35. The van der Waals surface area contributed by atoms with E-state index in [0.717, 1.165) is 43.9 Å². The van der Waals surface area contributed by atoms with Crippen molar-refractivity contribution in [3.63, 3.8) is 0 Å².